The van der Waals surface area contributed by atoms with Gasteiger partial charge in [-0.3, -0.25) is 4.79 Å². The number of ether oxygens (including phenoxy) is 1. The molecule has 0 saturated carbocycles. The predicted octanol–water partition coefficient (Wildman–Crippen LogP) is 6.35. The molecule has 0 unspecified atom stereocenters. The van der Waals surface area contributed by atoms with Crippen molar-refractivity contribution in [3.8, 4) is 5.75 Å². The van der Waals surface area contributed by atoms with Crippen molar-refractivity contribution in [1.29, 1.82) is 0 Å². The molecule has 57 heavy (non-hydrogen) atoms. The van der Waals surface area contributed by atoms with Crippen molar-refractivity contribution in [2.24, 2.45) is 0 Å². The van der Waals surface area contributed by atoms with E-state index in [2.05, 4.69) is 65.8 Å². The molecule has 3 aromatic carbocycles. The molecule has 0 aliphatic carbocycles. The van der Waals surface area contributed by atoms with Crippen LogP contribution >= 0.6 is 11.6 Å². The second-order valence-electron chi connectivity index (χ2n) is 14.8. The first-order valence-corrected chi connectivity index (χ1v) is 19.8. The summed E-state index contributed by atoms with van der Waals surface area (Å²) in [5.74, 6) is 2.06. The van der Waals surface area contributed by atoms with Crippen LogP contribution in [0.5, 0.6) is 5.75 Å². The number of likely N-dealkylation sites (N-methyl/N-ethyl adjacent to an activating group) is 2. The highest BCUT2D eigenvalue weighted by Crippen LogP contribution is 2.29. The van der Waals surface area contributed by atoms with E-state index < -0.39 is 6.36 Å². The molecule has 0 radical (unpaired) electrons. The molecule has 3 fully saturated rings. The van der Waals surface area contributed by atoms with Crippen LogP contribution < -0.4 is 19.9 Å². The molecule has 0 bridgehead atoms. The van der Waals surface area contributed by atoms with Gasteiger partial charge in [0, 0.05) is 69.2 Å². The van der Waals surface area contributed by atoms with Crippen molar-refractivity contribution in [2.75, 3.05) is 94.7 Å². The van der Waals surface area contributed by atoms with Gasteiger partial charge in [0.1, 0.15) is 17.4 Å². The number of alkyl halides is 3. The van der Waals surface area contributed by atoms with Crippen molar-refractivity contribution in [3.63, 3.8) is 0 Å². The fraction of sp³-hybridized carbons (Fsp3) is 0.439. The third-order valence-corrected chi connectivity index (χ3v) is 10.7. The summed E-state index contributed by atoms with van der Waals surface area (Å²) in [6.45, 7) is 9.13. The summed E-state index contributed by atoms with van der Waals surface area (Å²) in [6, 6.07) is 21.5. The lowest BCUT2D eigenvalue weighted by Crippen LogP contribution is -2.33. The molecule has 3 aliphatic rings. The summed E-state index contributed by atoms with van der Waals surface area (Å²) in [7, 11) is 4.30. The molecular formula is C41H48ClF3N10O2. The van der Waals surface area contributed by atoms with Crippen LogP contribution in [0.4, 0.5) is 30.8 Å². The summed E-state index contributed by atoms with van der Waals surface area (Å²) in [4.78, 5) is 42.4. The van der Waals surface area contributed by atoms with E-state index in [1.165, 1.54) is 24.3 Å². The van der Waals surface area contributed by atoms with Gasteiger partial charge in [-0.25, -0.2) is 9.97 Å². The Hall–Kier alpha value is -4.99. The Morgan fingerprint density at radius 1 is 0.737 bits per heavy atom. The van der Waals surface area contributed by atoms with Crippen LogP contribution in [0.25, 0.3) is 21.8 Å². The van der Waals surface area contributed by atoms with Crippen LogP contribution in [0.2, 0.25) is 5.28 Å². The highest BCUT2D eigenvalue weighted by molar-refractivity contribution is 6.28. The van der Waals surface area contributed by atoms with E-state index in [4.69, 9.17) is 21.6 Å². The Labute approximate surface area is 335 Å². The first-order chi connectivity index (χ1) is 27.5. The van der Waals surface area contributed by atoms with Gasteiger partial charge < -0.3 is 34.6 Å². The minimum absolute atomic E-state index is 0.00536. The maximum atomic E-state index is 12.9. The molecule has 8 rings (SSSR count). The summed E-state index contributed by atoms with van der Waals surface area (Å²) in [5, 5.41) is 5.87. The number of hydrogen-bond donors (Lipinski definition) is 1. The van der Waals surface area contributed by atoms with Crippen molar-refractivity contribution in [3.05, 3.63) is 83.6 Å². The lowest BCUT2D eigenvalue weighted by atomic mass is 10.1. The van der Waals surface area contributed by atoms with Crippen molar-refractivity contribution < 1.29 is 22.7 Å². The zero-order valence-electron chi connectivity index (χ0n) is 32.3. The number of amides is 1. The first-order valence-electron chi connectivity index (χ1n) is 19.4. The maximum Gasteiger partial charge on any atom is 0.573 e. The highest BCUT2D eigenvalue weighted by atomic mass is 35.5. The number of carbonyl (C=O) groups excluding carboxylic acids is 1. The van der Waals surface area contributed by atoms with Gasteiger partial charge in [-0.2, -0.15) is 9.97 Å². The Bertz CT molecular complexity index is 2140. The summed E-state index contributed by atoms with van der Waals surface area (Å²) in [5.41, 5.74) is 2.42. The number of aromatic nitrogens is 4. The third kappa shape index (κ3) is 10.7. The van der Waals surface area contributed by atoms with E-state index >= 15 is 0 Å². The fourth-order valence-corrected chi connectivity index (χ4v) is 7.71. The zero-order valence-corrected chi connectivity index (χ0v) is 33.0. The molecule has 5 heterocycles. The van der Waals surface area contributed by atoms with Crippen LogP contribution in [-0.2, 0) is 11.2 Å². The molecule has 302 valence electrons. The number of para-hydroxylation sites is 2. The average Bonchev–Trinajstić information content (AvgIpc) is 3.40. The molecule has 1 N–H and O–H groups in total. The number of halogens is 4. The normalized spacial score (nSPS) is 18.6. The molecule has 12 nitrogen and oxygen atoms in total. The molecule has 2 aromatic heterocycles. The van der Waals surface area contributed by atoms with E-state index in [-0.39, 0.29) is 24.1 Å². The Kier molecular flexibility index (Phi) is 12.8. The number of likely N-dealkylation sites (tertiary alicyclic amines) is 1. The van der Waals surface area contributed by atoms with Crippen LogP contribution in [0, 0.1) is 0 Å². The van der Waals surface area contributed by atoms with Gasteiger partial charge in [-0.15, -0.1) is 13.2 Å². The Morgan fingerprint density at radius 2 is 1.32 bits per heavy atom. The van der Waals surface area contributed by atoms with Crippen LogP contribution in [0.1, 0.15) is 24.8 Å². The van der Waals surface area contributed by atoms with Crippen LogP contribution in [0.15, 0.2) is 72.8 Å². The standard InChI is InChI=1S/C27H31F3N6O2.C14H17ClN4/c1-34-12-4-13-35(16-15-34)25-22-5-2-3-6-23(22)32-26(33-25)31-20-11-14-36(18-20)24(37)17-19-7-9-21(10-8-19)38-27(28,29)30;1-18-7-4-8-19(10-9-18)13-11-5-2-3-6-12(11)16-14(15)17-13/h2-3,5-10,20H,4,11-18H2,1H3,(H,31,32,33);2-3,5-6H,4,7-10H2,1H3/t20-;/m0./s1. The predicted molar refractivity (Wildman–Crippen MR) is 218 cm³/mol. The quantitative estimate of drug-likeness (QED) is 0.186. The number of hydrogen-bond acceptors (Lipinski definition) is 11. The van der Waals surface area contributed by atoms with Gasteiger partial charge >= 0.3 is 6.36 Å². The van der Waals surface area contributed by atoms with Crippen LogP contribution in [-0.4, -0.2) is 132 Å². The van der Waals surface area contributed by atoms with E-state index in [9.17, 15) is 18.0 Å². The molecule has 3 saturated heterocycles. The largest absolute Gasteiger partial charge is 0.573 e. The smallest absolute Gasteiger partial charge is 0.406 e. The minimum atomic E-state index is -4.74. The molecule has 1 atom stereocenters. The van der Waals surface area contributed by atoms with Gasteiger partial charge in [-0.1, -0.05) is 36.4 Å². The Morgan fingerprint density at radius 3 is 1.93 bits per heavy atom. The number of nitrogens with one attached hydrogen (secondary N) is 1. The van der Waals surface area contributed by atoms with E-state index in [1.54, 1.807) is 4.90 Å². The molecule has 1 amide bonds. The van der Waals surface area contributed by atoms with Gasteiger partial charge in [0.05, 0.1) is 17.5 Å². The topological polar surface area (TPSA) is 106 Å². The van der Waals surface area contributed by atoms with E-state index in [0.717, 1.165) is 105 Å². The molecule has 16 heteroatoms. The molecule has 5 aromatic rings. The monoisotopic (exact) mass is 804 g/mol. The third-order valence-electron chi connectivity index (χ3n) is 10.6. The number of anilines is 3. The van der Waals surface area contributed by atoms with Crippen molar-refractivity contribution in [2.45, 2.75) is 38.1 Å². The first kappa shape index (κ1) is 40.2. The van der Waals surface area contributed by atoms with Gasteiger partial charge in [0.15, 0.2) is 0 Å². The lowest BCUT2D eigenvalue weighted by molar-refractivity contribution is -0.274. The Balaban J connectivity index is 0.000000218. The number of nitrogens with zero attached hydrogens (tertiary/aromatic N) is 9. The molecular weight excluding hydrogens is 757 g/mol. The number of carbonyl (C=O) groups is 1. The molecule has 3 aliphatic heterocycles. The average molecular weight is 805 g/mol. The summed E-state index contributed by atoms with van der Waals surface area (Å²) < 4.78 is 41.0. The highest BCUT2D eigenvalue weighted by Gasteiger charge is 2.31. The summed E-state index contributed by atoms with van der Waals surface area (Å²) >= 11 is 6.05. The zero-order chi connectivity index (χ0) is 39.9. The molecule has 0 spiro atoms. The van der Waals surface area contributed by atoms with Crippen molar-refractivity contribution >= 4 is 56.9 Å². The number of rotatable bonds is 7. The lowest BCUT2D eigenvalue weighted by Gasteiger charge is -2.24. The van der Waals surface area contributed by atoms with Gasteiger partial charge in [0.2, 0.25) is 17.1 Å². The second kappa shape index (κ2) is 18.1. The second-order valence-corrected chi connectivity index (χ2v) is 15.2. The van der Waals surface area contributed by atoms with E-state index in [1.807, 2.05) is 36.4 Å². The van der Waals surface area contributed by atoms with E-state index in [0.29, 0.717) is 29.9 Å². The summed E-state index contributed by atoms with van der Waals surface area (Å²) in [6.07, 6.45) is -1.67. The number of fused-ring (bicyclic) bond motifs is 2. The number of benzene rings is 3. The van der Waals surface area contributed by atoms with Gasteiger partial charge in [0.25, 0.3) is 0 Å². The minimum Gasteiger partial charge on any atom is -0.406 e. The fourth-order valence-electron chi connectivity index (χ4n) is 7.54. The maximum absolute atomic E-state index is 12.9. The van der Waals surface area contributed by atoms with Crippen molar-refractivity contribution in [1.82, 2.24) is 34.6 Å². The van der Waals surface area contributed by atoms with Gasteiger partial charge in [-0.05, 0) is 100 Å². The van der Waals surface area contributed by atoms with Crippen LogP contribution in [0.3, 0.4) is 0 Å². The SMILES string of the molecule is CN1CCCN(c2nc(Cl)nc3ccccc23)CC1.CN1CCCN(c2nc(N[C@H]3CCN(C(=O)Cc4ccc(OC(F)(F)F)cc4)C3)nc3ccccc23)CC1.